The molecule has 1 heterocycles. The van der Waals surface area contributed by atoms with Crippen LogP contribution in [0.15, 0.2) is 30.3 Å². The highest BCUT2D eigenvalue weighted by atomic mass is 32.1. The van der Waals surface area contributed by atoms with E-state index in [2.05, 4.69) is 11.4 Å². The summed E-state index contributed by atoms with van der Waals surface area (Å²) < 4.78 is 13.7. The summed E-state index contributed by atoms with van der Waals surface area (Å²) in [7, 11) is 1.78. The summed E-state index contributed by atoms with van der Waals surface area (Å²) in [5, 5.41) is 11.7. The Bertz CT molecular complexity index is 569. The van der Waals surface area contributed by atoms with E-state index in [1.165, 1.54) is 17.4 Å². The minimum Gasteiger partial charge on any atom is -0.316 e. The Labute approximate surface area is 103 Å². The molecule has 0 aliphatic rings. The fourth-order valence-corrected chi connectivity index (χ4v) is 2.39. The van der Waals surface area contributed by atoms with Crippen LogP contribution in [0.5, 0.6) is 0 Å². The Balaban J connectivity index is 2.34. The van der Waals surface area contributed by atoms with E-state index < -0.39 is 0 Å². The van der Waals surface area contributed by atoms with E-state index in [4.69, 9.17) is 5.26 Å². The van der Waals surface area contributed by atoms with E-state index >= 15 is 0 Å². The van der Waals surface area contributed by atoms with Crippen LogP contribution >= 0.6 is 11.3 Å². The number of rotatable bonds is 3. The van der Waals surface area contributed by atoms with Gasteiger partial charge in [0.1, 0.15) is 16.8 Å². The van der Waals surface area contributed by atoms with Crippen molar-refractivity contribution in [3.05, 3.63) is 46.6 Å². The van der Waals surface area contributed by atoms with Gasteiger partial charge in [0.05, 0.1) is 0 Å². The summed E-state index contributed by atoms with van der Waals surface area (Å²) in [4.78, 5) is 1.55. The van der Waals surface area contributed by atoms with E-state index in [1.807, 2.05) is 12.1 Å². The molecule has 0 spiro atoms. The van der Waals surface area contributed by atoms with Gasteiger partial charge in [0, 0.05) is 17.0 Å². The zero-order chi connectivity index (χ0) is 12.3. The Kier molecular flexibility index (Phi) is 3.52. The summed E-state index contributed by atoms with van der Waals surface area (Å²) in [5.41, 5.74) is 1.46. The topological polar surface area (TPSA) is 35.8 Å². The average Bonchev–Trinajstić information content (AvgIpc) is 2.80. The van der Waals surface area contributed by atoms with Crippen LogP contribution in [-0.2, 0) is 6.54 Å². The number of nitrogens with one attached hydrogen (secondary N) is 1. The molecule has 0 amide bonds. The molecule has 1 N–H and O–H groups in total. The molecule has 0 radical (unpaired) electrons. The molecule has 4 heteroatoms. The van der Waals surface area contributed by atoms with Gasteiger partial charge in [-0.25, -0.2) is 4.39 Å². The second-order valence-electron chi connectivity index (χ2n) is 3.61. The van der Waals surface area contributed by atoms with Gasteiger partial charge in [-0.15, -0.1) is 11.3 Å². The lowest BCUT2D eigenvalue weighted by Crippen LogP contribution is -2.06. The van der Waals surface area contributed by atoms with Crippen molar-refractivity contribution in [3.8, 4) is 16.5 Å². The largest absolute Gasteiger partial charge is 0.316 e. The number of nitriles is 1. The summed E-state index contributed by atoms with van der Waals surface area (Å²) in [6.45, 7) is 0.514. The van der Waals surface area contributed by atoms with Crippen LogP contribution in [0, 0.1) is 17.1 Å². The van der Waals surface area contributed by atoms with Gasteiger partial charge >= 0.3 is 0 Å². The van der Waals surface area contributed by atoms with Crippen LogP contribution in [0.1, 0.15) is 10.4 Å². The summed E-state index contributed by atoms with van der Waals surface area (Å²) >= 11 is 1.37. The molecule has 17 heavy (non-hydrogen) atoms. The Hall–Kier alpha value is -1.70. The van der Waals surface area contributed by atoms with Crippen molar-refractivity contribution >= 4 is 11.3 Å². The molecule has 2 rings (SSSR count). The number of benzene rings is 1. The smallest absolute Gasteiger partial charge is 0.128 e. The monoisotopic (exact) mass is 246 g/mol. The quantitative estimate of drug-likeness (QED) is 0.903. The summed E-state index contributed by atoms with van der Waals surface area (Å²) in [6, 6.07) is 10.8. The van der Waals surface area contributed by atoms with Gasteiger partial charge in [0.2, 0.25) is 0 Å². The van der Waals surface area contributed by atoms with Gasteiger partial charge in [-0.2, -0.15) is 5.26 Å². The fourth-order valence-electron chi connectivity index (χ4n) is 1.59. The summed E-state index contributed by atoms with van der Waals surface area (Å²) in [5.74, 6) is -0.219. The summed E-state index contributed by atoms with van der Waals surface area (Å²) in [6.07, 6.45) is 0. The van der Waals surface area contributed by atoms with E-state index in [0.717, 1.165) is 10.4 Å². The molecule has 1 aromatic carbocycles. The first-order valence-electron chi connectivity index (χ1n) is 5.18. The zero-order valence-electron chi connectivity index (χ0n) is 9.33. The van der Waals surface area contributed by atoms with Crippen LogP contribution in [0.3, 0.4) is 0 Å². The van der Waals surface area contributed by atoms with Crippen molar-refractivity contribution in [3.63, 3.8) is 0 Å². The lowest BCUT2D eigenvalue weighted by atomic mass is 10.1. The van der Waals surface area contributed by atoms with E-state index in [9.17, 15) is 4.39 Å². The maximum atomic E-state index is 13.7. The molecular formula is C13H11FN2S. The van der Waals surface area contributed by atoms with E-state index in [1.54, 1.807) is 19.2 Å². The molecule has 0 bridgehead atoms. The normalized spacial score (nSPS) is 10.2. The number of halogens is 1. The van der Waals surface area contributed by atoms with Crippen molar-refractivity contribution in [1.29, 1.82) is 5.26 Å². The molecule has 0 saturated carbocycles. The molecule has 0 saturated heterocycles. The second-order valence-corrected chi connectivity index (χ2v) is 4.70. The highest BCUT2D eigenvalue weighted by Crippen LogP contribution is 2.28. The fraction of sp³-hybridized carbons (Fsp3) is 0.154. The van der Waals surface area contributed by atoms with Crippen molar-refractivity contribution < 1.29 is 4.39 Å². The minimum absolute atomic E-state index is 0.219. The molecule has 0 aliphatic heterocycles. The lowest BCUT2D eigenvalue weighted by Gasteiger charge is -2.04. The number of hydrogen-bond donors (Lipinski definition) is 1. The first kappa shape index (κ1) is 11.8. The first-order valence-corrected chi connectivity index (χ1v) is 5.99. The van der Waals surface area contributed by atoms with Gasteiger partial charge in [0.15, 0.2) is 0 Å². The highest BCUT2D eigenvalue weighted by Gasteiger charge is 2.06. The standard InChI is InChI=1S/C13H11FN2S/c1-16-8-10-3-2-9(6-12(10)14)13-5-4-11(7-15)17-13/h2-6,16H,8H2,1H3. The number of hydrogen-bond acceptors (Lipinski definition) is 3. The van der Waals surface area contributed by atoms with Gasteiger partial charge in [-0.05, 0) is 30.8 Å². The van der Waals surface area contributed by atoms with Crippen molar-refractivity contribution in [1.82, 2.24) is 5.32 Å². The molecule has 0 atom stereocenters. The van der Waals surface area contributed by atoms with Gasteiger partial charge in [-0.3, -0.25) is 0 Å². The predicted octanol–water partition coefficient (Wildman–Crippen LogP) is 3.15. The number of nitrogens with zero attached hydrogens (tertiary/aromatic N) is 1. The molecule has 1 aromatic heterocycles. The first-order chi connectivity index (χ1) is 8.24. The van der Waals surface area contributed by atoms with Gasteiger partial charge < -0.3 is 5.32 Å². The van der Waals surface area contributed by atoms with Crippen molar-refractivity contribution in [2.24, 2.45) is 0 Å². The predicted molar refractivity (Wildman–Crippen MR) is 67.2 cm³/mol. The zero-order valence-corrected chi connectivity index (χ0v) is 10.1. The third kappa shape index (κ3) is 2.52. The average molecular weight is 246 g/mol. The molecule has 0 unspecified atom stereocenters. The molecule has 86 valence electrons. The molecule has 2 aromatic rings. The van der Waals surface area contributed by atoms with Crippen molar-refractivity contribution in [2.45, 2.75) is 6.54 Å². The van der Waals surface area contributed by atoms with E-state index in [-0.39, 0.29) is 5.82 Å². The third-order valence-corrected chi connectivity index (χ3v) is 3.46. The Morgan fingerprint density at radius 2 is 2.18 bits per heavy atom. The van der Waals surface area contributed by atoms with Gasteiger partial charge in [-0.1, -0.05) is 12.1 Å². The van der Waals surface area contributed by atoms with Gasteiger partial charge in [0.25, 0.3) is 0 Å². The van der Waals surface area contributed by atoms with Crippen LogP contribution < -0.4 is 5.32 Å². The Morgan fingerprint density at radius 3 is 2.76 bits per heavy atom. The molecule has 0 aliphatic carbocycles. The third-order valence-electron chi connectivity index (χ3n) is 2.42. The molecule has 2 nitrogen and oxygen atoms in total. The van der Waals surface area contributed by atoms with Crippen LogP contribution in [-0.4, -0.2) is 7.05 Å². The van der Waals surface area contributed by atoms with Crippen LogP contribution in [0.25, 0.3) is 10.4 Å². The number of thiophene rings is 1. The Morgan fingerprint density at radius 1 is 1.35 bits per heavy atom. The molecular weight excluding hydrogens is 235 g/mol. The van der Waals surface area contributed by atoms with E-state index in [0.29, 0.717) is 17.0 Å². The maximum Gasteiger partial charge on any atom is 0.128 e. The SMILES string of the molecule is CNCc1ccc(-c2ccc(C#N)s2)cc1F. The molecule has 0 fully saturated rings. The lowest BCUT2D eigenvalue weighted by molar-refractivity contribution is 0.601. The van der Waals surface area contributed by atoms with Crippen LogP contribution in [0.4, 0.5) is 4.39 Å². The maximum absolute atomic E-state index is 13.7. The van der Waals surface area contributed by atoms with Crippen molar-refractivity contribution in [2.75, 3.05) is 7.05 Å². The van der Waals surface area contributed by atoms with Crippen LogP contribution in [0.2, 0.25) is 0 Å². The minimum atomic E-state index is -0.219. The highest BCUT2D eigenvalue weighted by molar-refractivity contribution is 7.16. The second kappa shape index (κ2) is 5.09.